The first-order valence-electron chi connectivity index (χ1n) is 8.05. The Morgan fingerprint density at radius 2 is 1.59 bits per heavy atom. The van der Waals surface area contributed by atoms with Gasteiger partial charge in [-0.3, -0.25) is 14.4 Å². The van der Waals surface area contributed by atoms with Crippen molar-refractivity contribution in [3.05, 3.63) is 59.7 Å². The van der Waals surface area contributed by atoms with Crippen molar-refractivity contribution in [2.24, 2.45) is 5.73 Å². The number of amides is 3. The van der Waals surface area contributed by atoms with E-state index in [1.165, 1.54) is 50.2 Å². The quantitative estimate of drug-likeness (QED) is 0.670. The van der Waals surface area contributed by atoms with Gasteiger partial charge in [0.05, 0.1) is 5.56 Å². The number of nitrogens with two attached hydrogens (primary N) is 1. The van der Waals surface area contributed by atoms with Crippen LogP contribution in [0.4, 0.5) is 11.4 Å². The van der Waals surface area contributed by atoms with Crippen LogP contribution in [-0.4, -0.2) is 29.8 Å². The smallest absolute Gasteiger partial charge is 0.338 e. The molecule has 2 aromatic carbocycles. The first kappa shape index (κ1) is 19.6. The maximum Gasteiger partial charge on any atom is 0.338 e. The highest BCUT2D eigenvalue weighted by atomic mass is 16.5. The van der Waals surface area contributed by atoms with Crippen LogP contribution in [0.3, 0.4) is 0 Å². The molecule has 0 fully saturated rings. The van der Waals surface area contributed by atoms with E-state index in [9.17, 15) is 19.2 Å². The second kappa shape index (κ2) is 8.61. The molecule has 0 unspecified atom stereocenters. The number of carbonyl (C=O) groups is 4. The normalized spacial score (nSPS) is 11.2. The van der Waals surface area contributed by atoms with Crippen LogP contribution in [0.25, 0.3) is 0 Å². The molecular formula is C19H19N3O5. The number of benzene rings is 2. The van der Waals surface area contributed by atoms with Crippen LogP contribution in [0.5, 0.6) is 0 Å². The fourth-order valence-electron chi connectivity index (χ4n) is 2.17. The van der Waals surface area contributed by atoms with Gasteiger partial charge in [-0.1, -0.05) is 6.07 Å². The first-order valence-corrected chi connectivity index (χ1v) is 8.05. The third kappa shape index (κ3) is 5.67. The summed E-state index contributed by atoms with van der Waals surface area (Å²) in [5, 5.41) is 5.14. The predicted molar refractivity (Wildman–Crippen MR) is 99.2 cm³/mol. The summed E-state index contributed by atoms with van der Waals surface area (Å²) in [4.78, 5) is 46.5. The van der Waals surface area contributed by atoms with Crippen molar-refractivity contribution >= 4 is 35.1 Å². The van der Waals surface area contributed by atoms with Crippen molar-refractivity contribution in [3.8, 4) is 0 Å². The minimum Gasteiger partial charge on any atom is -0.449 e. The Balaban J connectivity index is 1.98. The van der Waals surface area contributed by atoms with E-state index in [-0.39, 0.29) is 11.5 Å². The third-order valence-corrected chi connectivity index (χ3v) is 3.51. The molecule has 0 saturated carbocycles. The van der Waals surface area contributed by atoms with Crippen molar-refractivity contribution in [1.29, 1.82) is 0 Å². The highest BCUT2D eigenvalue weighted by Gasteiger charge is 2.19. The number of carbonyl (C=O) groups excluding carboxylic acids is 4. The largest absolute Gasteiger partial charge is 0.449 e. The zero-order valence-corrected chi connectivity index (χ0v) is 14.8. The highest BCUT2D eigenvalue weighted by molar-refractivity contribution is 5.99. The fraction of sp³-hybridized carbons (Fsp3) is 0.158. The molecule has 0 heterocycles. The average Bonchev–Trinajstić information content (AvgIpc) is 2.61. The van der Waals surface area contributed by atoms with Crippen LogP contribution in [0.1, 0.15) is 34.6 Å². The Kier molecular flexibility index (Phi) is 6.27. The van der Waals surface area contributed by atoms with Gasteiger partial charge in [-0.05, 0) is 49.4 Å². The number of nitrogens with one attached hydrogen (secondary N) is 2. The fourth-order valence-corrected chi connectivity index (χ4v) is 2.17. The van der Waals surface area contributed by atoms with E-state index in [4.69, 9.17) is 10.5 Å². The van der Waals surface area contributed by atoms with Gasteiger partial charge in [-0.15, -0.1) is 0 Å². The van der Waals surface area contributed by atoms with Crippen molar-refractivity contribution in [2.45, 2.75) is 20.0 Å². The topological polar surface area (TPSA) is 128 Å². The van der Waals surface area contributed by atoms with Gasteiger partial charge in [-0.2, -0.15) is 0 Å². The molecule has 3 amide bonds. The highest BCUT2D eigenvalue weighted by Crippen LogP contribution is 2.14. The lowest BCUT2D eigenvalue weighted by atomic mass is 10.2. The number of hydrogen-bond donors (Lipinski definition) is 3. The molecule has 2 rings (SSSR count). The second-order valence-corrected chi connectivity index (χ2v) is 5.74. The van der Waals surface area contributed by atoms with E-state index in [0.29, 0.717) is 16.9 Å². The molecule has 4 N–H and O–H groups in total. The monoisotopic (exact) mass is 369 g/mol. The number of rotatable bonds is 6. The van der Waals surface area contributed by atoms with Gasteiger partial charge in [-0.25, -0.2) is 4.79 Å². The molecule has 0 aliphatic carbocycles. The van der Waals surface area contributed by atoms with E-state index in [1.807, 2.05) is 0 Å². The van der Waals surface area contributed by atoms with Crippen molar-refractivity contribution in [1.82, 2.24) is 0 Å². The molecular weight excluding hydrogens is 350 g/mol. The summed E-state index contributed by atoms with van der Waals surface area (Å²) in [5.74, 6) is -2.07. The van der Waals surface area contributed by atoms with Crippen molar-refractivity contribution in [2.75, 3.05) is 10.6 Å². The summed E-state index contributed by atoms with van der Waals surface area (Å²) < 4.78 is 5.15. The SMILES string of the molecule is CC(=O)Nc1cccc(C(=O)O[C@@H](C)C(=O)Nc2ccc(C(N)=O)cc2)c1. The lowest BCUT2D eigenvalue weighted by Gasteiger charge is -2.14. The van der Waals surface area contributed by atoms with E-state index in [0.717, 1.165) is 0 Å². The van der Waals surface area contributed by atoms with Gasteiger partial charge in [0.1, 0.15) is 0 Å². The third-order valence-electron chi connectivity index (χ3n) is 3.51. The molecule has 0 aromatic heterocycles. The zero-order valence-electron chi connectivity index (χ0n) is 14.8. The van der Waals surface area contributed by atoms with Gasteiger partial charge in [0.2, 0.25) is 11.8 Å². The first-order chi connectivity index (χ1) is 12.8. The molecule has 0 saturated heterocycles. The molecule has 0 bridgehead atoms. The van der Waals surface area contributed by atoms with Crippen LogP contribution in [0, 0.1) is 0 Å². The van der Waals surface area contributed by atoms with Crippen LogP contribution < -0.4 is 16.4 Å². The Morgan fingerprint density at radius 1 is 0.926 bits per heavy atom. The Hall–Kier alpha value is -3.68. The number of esters is 1. The molecule has 140 valence electrons. The predicted octanol–water partition coefficient (Wildman–Crippen LogP) is 1.93. The molecule has 0 aliphatic heterocycles. The Morgan fingerprint density at radius 3 is 2.19 bits per heavy atom. The standard InChI is InChI=1S/C19H19N3O5/c1-11(18(25)22-15-8-6-13(7-9-15)17(20)24)27-19(26)14-4-3-5-16(10-14)21-12(2)23/h3-11H,1-2H3,(H2,20,24)(H,21,23)(H,22,25)/t11-/m0/s1. The lowest BCUT2D eigenvalue weighted by Crippen LogP contribution is -2.30. The van der Waals surface area contributed by atoms with E-state index in [1.54, 1.807) is 12.1 Å². The average molecular weight is 369 g/mol. The summed E-state index contributed by atoms with van der Waals surface area (Å²) in [6.07, 6.45) is -1.06. The maximum absolute atomic E-state index is 12.2. The van der Waals surface area contributed by atoms with Crippen LogP contribution in [-0.2, 0) is 14.3 Å². The number of ether oxygens (including phenoxy) is 1. The summed E-state index contributed by atoms with van der Waals surface area (Å²) in [6.45, 7) is 2.79. The zero-order chi connectivity index (χ0) is 20.0. The Labute approximate surface area is 155 Å². The minimum absolute atomic E-state index is 0.201. The van der Waals surface area contributed by atoms with Crippen LogP contribution in [0.15, 0.2) is 48.5 Å². The molecule has 0 radical (unpaired) electrons. The van der Waals surface area contributed by atoms with Crippen LogP contribution in [0.2, 0.25) is 0 Å². The summed E-state index contributed by atoms with van der Waals surface area (Å²) >= 11 is 0. The lowest BCUT2D eigenvalue weighted by molar-refractivity contribution is -0.123. The van der Waals surface area contributed by atoms with Gasteiger partial charge < -0.3 is 21.1 Å². The Bertz CT molecular complexity index is 877. The number of hydrogen-bond acceptors (Lipinski definition) is 5. The molecule has 8 nitrogen and oxygen atoms in total. The summed E-state index contributed by atoms with van der Waals surface area (Å²) in [5.41, 5.74) is 6.54. The van der Waals surface area contributed by atoms with Gasteiger partial charge in [0, 0.05) is 23.9 Å². The summed E-state index contributed by atoms with van der Waals surface area (Å²) in [7, 11) is 0. The molecule has 1 atom stereocenters. The molecule has 8 heteroatoms. The second-order valence-electron chi connectivity index (χ2n) is 5.74. The van der Waals surface area contributed by atoms with Gasteiger partial charge in [0.15, 0.2) is 6.10 Å². The molecule has 27 heavy (non-hydrogen) atoms. The van der Waals surface area contributed by atoms with Gasteiger partial charge >= 0.3 is 5.97 Å². The number of anilines is 2. The minimum atomic E-state index is -1.06. The number of primary amides is 1. The van der Waals surface area contributed by atoms with E-state index >= 15 is 0 Å². The van der Waals surface area contributed by atoms with Crippen molar-refractivity contribution in [3.63, 3.8) is 0 Å². The van der Waals surface area contributed by atoms with Crippen LogP contribution >= 0.6 is 0 Å². The molecule has 0 spiro atoms. The van der Waals surface area contributed by atoms with E-state index < -0.39 is 23.9 Å². The van der Waals surface area contributed by atoms with Gasteiger partial charge in [0.25, 0.3) is 5.91 Å². The maximum atomic E-state index is 12.2. The van der Waals surface area contributed by atoms with Crippen molar-refractivity contribution < 1.29 is 23.9 Å². The molecule has 0 aliphatic rings. The summed E-state index contributed by atoms with van der Waals surface area (Å²) in [6, 6.07) is 12.2. The molecule has 2 aromatic rings. The van der Waals surface area contributed by atoms with E-state index in [2.05, 4.69) is 10.6 Å².